The topological polar surface area (TPSA) is 81.1 Å². The van der Waals surface area contributed by atoms with Gasteiger partial charge in [0.15, 0.2) is 0 Å². The molecule has 0 spiro atoms. The van der Waals surface area contributed by atoms with Gasteiger partial charge in [0.1, 0.15) is 5.75 Å². The number of hydrogen-bond donors (Lipinski definition) is 2. The van der Waals surface area contributed by atoms with Gasteiger partial charge in [-0.2, -0.15) is 0 Å². The predicted octanol–water partition coefficient (Wildman–Crippen LogP) is 2.95. The van der Waals surface area contributed by atoms with Crippen LogP contribution >= 0.6 is 0 Å². The van der Waals surface area contributed by atoms with Crippen LogP contribution in [0.3, 0.4) is 0 Å². The summed E-state index contributed by atoms with van der Waals surface area (Å²) in [6.07, 6.45) is 3.36. The minimum atomic E-state index is -0.252. The molecule has 0 aliphatic carbocycles. The minimum absolute atomic E-state index is 0.0582. The fraction of sp³-hybridized carbons (Fsp3) is 0.211. The summed E-state index contributed by atoms with van der Waals surface area (Å²) in [5.41, 5.74) is 2.64. The molecule has 2 aromatic carbocycles. The number of nitrogens with zero attached hydrogens (tertiary/aromatic N) is 3. The Balaban J connectivity index is 1.41. The molecule has 2 N–H and O–H groups in total. The number of carbonyl (C=O) groups excluding carboxylic acids is 1. The second kappa shape index (κ2) is 6.87. The van der Waals surface area contributed by atoms with Gasteiger partial charge in [-0.1, -0.05) is 29.5 Å². The molecule has 1 aliphatic heterocycles. The number of urea groups is 1. The minimum Gasteiger partial charge on any atom is -0.493 e. The van der Waals surface area contributed by atoms with E-state index in [2.05, 4.69) is 20.9 Å². The molecule has 0 unspecified atom stereocenters. The van der Waals surface area contributed by atoms with Crippen molar-refractivity contribution in [3.63, 3.8) is 0 Å². The van der Waals surface area contributed by atoms with Crippen molar-refractivity contribution in [2.75, 3.05) is 11.9 Å². The van der Waals surface area contributed by atoms with Crippen LogP contribution in [0.4, 0.5) is 10.5 Å². The molecule has 4 rings (SSSR count). The van der Waals surface area contributed by atoms with Crippen LogP contribution in [0.1, 0.15) is 18.4 Å². The SMILES string of the molecule is C[C@@H](NC(=O)Nc1cccc(-n2ccnn2)c1)[C@H]1COc2ccccc21. The van der Waals surface area contributed by atoms with Gasteiger partial charge in [-0.3, -0.25) is 0 Å². The molecule has 0 saturated carbocycles. The Morgan fingerprint density at radius 2 is 2.15 bits per heavy atom. The Morgan fingerprint density at radius 3 is 3.00 bits per heavy atom. The summed E-state index contributed by atoms with van der Waals surface area (Å²) in [5, 5.41) is 13.6. The van der Waals surface area contributed by atoms with Crippen LogP contribution in [-0.2, 0) is 0 Å². The standard InChI is InChI=1S/C19H19N5O2/c1-13(17-12-26-18-8-3-2-7-16(17)18)21-19(25)22-14-5-4-6-15(11-14)24-10-9-20-23-24/h2-11,13,17H,12H2,1H3,(H2,21,22,25)/t13-,17-/m1/s1. The van der Waals surface area contributed by atoms with Crippen molar-refractivity contribution in [2.24, 2.45) is 0 Å². The average Bonchev–Trinajstić information content (AvgIpc) is 3.32. The number of nitrogens with one attached hydrogen (secondary N) is 2. The van der Waals surface area contributed by atoms with E-state index in [4.69, 9.17) is 4.74 Å². The van der Waals surface area contributed by atoms with Gasteiger partial charge in [0.2, 0.25) is 0 Å². The normalized spacial score (nSPS) is 16.4. The highest BCUT2D eigenvalue weighted by Gasteiger charge is 2.29. The largest absolute Gasteiger partial charge is 0.493 e. The van der Waals surface area contributed by atoms with E-state index in [-0.39, 0.29) is 18.0 Å². The van der Waals surface area contributed by atoms with Gasteiger partial charge < -0.3 is 15.4 Å². The number of aromatic nitrogens is 3. The molecule has 2 amide bonds. The number of para-hydroxylation sites is 1. The Hall–Kier alpha value is -3.35. The first-order chi connectivity index (χ1) is 12.7. The zero-order chi connectivity index (χ0) is 17.9. The van der Waals surface area contributed by atoms with Crippen LogP contribution in [-0.4, -0.2) is 33.7 Å². The van der Waals surface area contributed by atoms with Gasteiger partial charge in [0, 0.05) is 23.2 Å². The van der Waals surface area contributed by atoms with Crippen LogP contribution in [0, 0.1) is 0 Å². The summed E-state index contributed by atoms with van der Waals surface area (Å²) >= 11 is 0. The zero-order valence-corrected chi connectivity index (χ0v) is 14.3. The Labute approximate surface area is 151 Å². The third-order valence-corrected chi connectivity index (χ3v) is 4.49. The lowest BCUT2D eigenvalue weighted by Crippen LogP contribution is -2.40. The highest BCUT2D eigenvalue weighted by molar-refractivity contribution is 5.89. The highest BCUT2D eigenvalue weighted by atomic mass is 16.5. The molecule has 26 heavy (non-hydrogen) atoms. The van der Waals surface area contributed by atoms with Crippen molar-refractivity contribution >= 4 is 11.7 Å². The third-order valence-electron chi connectivity index (χ3n) is 4.49. The first-order valence-corrected chi connectivity index (χ1v) is 8.47. The molecular formula is C19H19N5O2. The molecule has 0 fully saturated rings. The maximum absolute atomic E-state index is 12.4. The second-order valence-electron chi connectivity index (χ2n) is 6.24. The summed E-state index contributed by atoms with van der Waals surface area (Å²) < 4.78 is 7.34. The number of benzene rings is 2. The summed E-state index contributed by atoms with van der Waals surface area (Å²) in [6.45, 7) is 2.56. The van der Waals surface area contributed by atoms with Gasteiger partial charge in [-0.25, -0.2) is 9.48 Å². The number of anilines is 1. The van der Waals surface area contributed by atoms with E-state index in [9.17, 15) is 4.79 Å². The molecule has 7 nitrogen and oxygen atoms in total. The Morgan fingerprint density at radius 1 is 1.27 bits per heavy atom. The molecule has 0 saturated heterocycles. The zero-order valence-electron chi connectivity index (χ0n) is 14.3. The van der Waals surface area contributed by atoms with Crippen LogP contribution < -0.4 is 15.4 Å². The van der Waals surface area contributed by atoms with Gasteiger partial charge in [0.05, 0.1) is 24.7 Å². The number of rotatable bonds is 4. The molecule has 3 aromatic rings. The van der Waals surface area contributed by atoms with Gasteiger partial charge in [0.25, 0.3) is 0 Å². The lowest BCUT2D eigenvalue weighted by molar-refractivity contribution is 0.244. The van der Waals surface area contributed by atoms with Crippen LogP contribution in [0.5, 0.6) is 5.75 Å². The monoisotopic (exact) mass is 349 g/mol. The Kier molecular flexibility index (Phi) is 4.27. The van der Waals surface area contributed by atoms with E-state index in [0.29, 0.717) is 12.3 Å². The van der Waals surface area contributed by atoms with Crippen molar-refractivity contribution < 1.29 is 9.53 Å². The Bertz CT molecular complexity index is 910. The molecular weight excluding hydrogens is 330 g/mol. The molecule has 0 bridgehead atoms. The van der Waals surface area contributed by atoms with Gasteiger partial charge >= 0.3 is 6.03 Å². The van der Waals surface area contributed by atoms with E-state index in [1.165, 1.54) is 0 Å². The summed E-state index contributed by atoms with van der Waals surface area (Å²) in [4.78, 5) is 12.4. The molecule has 2 atom stereocenters. The number of ether oxygens (including phenoxy) is 1. The van der Waals surface area contributed by atoms with Crippen molar-refractivity contribution in [1.29, 1.82) is 0 Å². The predicted molar refractivity (Wildman–Crippen MR) is 97.7 cm³/mol. The summed E-state index contributed by atoms with van der Waals surface area (Å²) in [6, 6.07) is 15.1. The van der Waals surface area contributed by atoms with Crippen LogP contribution in [0.25, 0.3) is 5.69 Å². The lowest BCUT2D eigenvalue weighted by Gasteiger charge is -2.20. The van der Waals surface area contributed by atoms with Crippen molar-refractivity contribution in [1.82, 2.24) is 20.3 Å². The number of carbonyl (C=O) groups is 1. The number of fused-ring (bicyclic) bond motifs is 1. The number of hydrogen-bond acceptors (Lipinski definition) is 4. The van der Waals surface area contributed by atoms with Crippen molar-refractivity contribution in [3.8, 4) is 11.4 Å². The molecule has 0 radical (unpaired) electrons. The fourth-order valence-corrected chi connectivity index (χ4v) is 3.15. The second-order valence-corrected chi connectivity index (χ2v) is 6.24. The van der Waals surface area contributed by atoms with E-state index in [1.807, 2.05) is 55.5 Å². The maximum atomic E-state index is 12.4. The summed E-state index contributed by atoms with van der Waals surface area (Å²) in [5.74, 6) is 1.03. The maximum Gasteiger partial charge on any atom is 0.319 e. The molecule has 1 aromatic heterocycles. The van der Waals surface area contributed by atoms with E-state index >= 15 is 0 Å². The van der Waals surface area contributed by atoms with E-state index < -0.39 is 0 Å². The molecule has 132 valence electrons. The van der Waals surface area contributed by atoms with E-state index in [0.717, 1.165) is 17.0 Å². The first-order valence-electron chi connectivity index (χ1n) is 8.47. The van der Waals surface area contributed by atoms with Crippen molar-refractivity contribution in [3.05, 3.63) is 66.5 Å². The lowest BCUT2D eigenvalue weighted by atomic mass is 9.94. The number of amides is 2. The average molecular weight is 349 g/mol. The first kappa shape index (κ1) is 16.1. The van der Waals surface area contributed by atoms with E-state index in [1.54, 1.807) is 17.1 Å². The highest BCUT2D eigenvalue weighted by Crippen LogP contribution is 2.35. The molecule has 7 heteroatoms. The van der Waals surface area contributed by atoms with Gasteiger partial charge in [-0.15, -0.1) is 5.10 Å². The molecule has 2 heterocycles. The molecule has 1 aliphatic rings. The van der Waals surface area contributed by atoms with Crippen LogP contribution in [0.2, 0.25) is 0 Å². The fourth-order valence-electron chi connectivity index (χ4n) is 3.15. The smallest absolute Gasteiger partial charge is 0.319 e. The third kappa shape index (κ3) is 3.23. The van der Waals surface area contributed by atoms with Crippen molar-refractivity contribution in [2.45, 2.75) is 18.9 Å². The summed E-state index contributed by atoms with van der Waals surface area (Å²) in [7, 11) is 0. The van der Waals surface area contributed by atoms with Crippen LogP contribution in [0.15, 0.2) is 60.9 Å². The van der Waals surface area contributed by atoms with Gasteiger partial charge in [-0.05, 0) is 31.2 Å². The quantitative estimate of drug-likeness (QED) is 0.759.